The van der Waals surface area contributed by atoms with Crippen molar-refractivity contribution in [3.8, 4) is 0 Å². The average Bonchev–Trinajstić information content (AvgIpc) is 2.26. The molecule has 0 aliphatic rings. The van der Waals surface area contributed by atoms with E-state index in [-0.39, 0.29) is 13.1 Å². The molecule has 0 atom stereocenters. The third kappa shape index (κ3) is 5.62. The van der Waals surface area contributed by atoms with Crippen LogP contribution in [0, 0.1) is 0 Å². The van der Waals surface area contributed by atoms with Crippen molar-refractivity contribution >= 4 is 11.9 Å². The summed E-state index contributed by atoms with van der Waals surface area (Å²) < 4.78 is 0. The number of pyridine rings is 1. The summed E-state index contributed by atoms with van der Waals surface area (Å²) >= 11 is 0. The van der Waals surface area contributed by atoms with E-state index in [2.05, 4.69) is 4.98 Å². The Hall–Kier alpha value is -1.95. The number of carbonyl (C=O) groups is 2. The van der Waals surface area contributed by atoms with Crippen LogP contribution < -0.4 is 5.73 Å². The predicted molar refractivity (Wildman–Crippen MR) is 61.2 cm³/mol. The van der Waals surface area contributed by atoms with Gasteiger partial charge >= 0.3 is 5.97 Å². The van der Waals surface area contributed by atoms with Gasteiger partial charge in [0.15, 0.2) is 0 Å². The maximum absolute atomic E-state index is 10.8. The van der Waals surface area contributed by atoms with Crippen LogP contribution in [0.1, 0.15) is 5.69 Å². The summed E-state index contributed by atoms with van der Waals surface area (Å²) in [6.07, 6.45) is 2.26. The number of carbonyl (C=O) groups excluding carboxylic acids is 1. The summed E-state index contributed by atoms with van der Waals surface area (Å²) in [5.41, 5.74) is 5.90. The Morgan fingerprint density at radius 1 is 1.35 bits per heavy atom. The second kappa shape index (κ2) is 6.59. The van der Waals surface area contributed by atoms with Crippen molar-refractivity contribution in [1.29, 1.82) is 0 Å². The van der Waals surface area contributed by atoms with Gasteiger partial charge in [0.05, 0.1) is 13.1 Å². The Kier molecular flexibility index (Phi) is 5.09. The SMILES string of the molecule is NC(=O)CN(CCc1ccccn1)CC(=O)O. The number of hydrogen-bond donors (Lipinski definition) is 2. The highest BCUT2D eigenvalue weighted by Crippen LogP contribution is 1.97. The zero-order valence-electron chi connectivity index (χ0n) is 9.37. The molecular formula is C11H15N3O3. The standard InChI is InChI=1S/C11H15N3O3/c12-10(15)7-14(8-11(16)17)6-4-9-3-1-2-5-13-9/h1-3,5H,4,6-8H2,(H2,12,15)(H,16,17). The van der Waals surface area contributed by atoms with E-state index >= 15 is 0 Å². The highest BCUT2D eigenvalue weighted by Gasteiger charge is 2.12. The molecule has 0 saturated carbocycles. The minimum Gasteiger partial charge on any atom is -0.480 e. The molecular weight excluding hydrogens is 222 g/mol. The minimum absolute atomic E-state index is 0.0564. The highest BCUT2D eigenvalue weighted by atomic mass is 16.4. The molecule has 0 unspecified atom stereocenters. The summed E-state index contributed by atoms with van der Waals surface area (Å²) in [4.78, 5) is 27.0. The molecule has 6 heteroatoms. The fourth-order valence-corrected chi connectivity index (χ4v) is 1.44. The maximum Gasteiger partial charge on any atom is 0.317 e. The Balaban J connectivity index is 2.48. The van der Waals surface area contributed by atoms with Gasteiger partial charge < -0.3 is 10.8 Å². The molecule has 0 radical (unpaired) electrons. The monoisotopic (exact) mass is 237 g/mol. The fourth-order valence-electron chi connectivity index (χ4n) is 1.44. The number of hydrogen-bond acceptors (Lipinski definition) is 4. The molecule has 0 fully saturated rings. The van der Waals surface area contributed by atoms with Gasteiger partial charge in [0.1, 0.15) is 0 Å². The highest BCUT2D eigenvalue weighted by molar-refractivity contribution is 5.77. The van der Waals surface area contributed by atoms with Crippen molar-refractivity contribution in [1.82, 2.24) is 9.88 Å². The molecule has 0 aliphatic heterocycles. The molecule has 6 nitrogen and oxygen atoms in total. The summed E-state index contributed by atoms with van der Waals surface area (Å²) in [5.74, 6) is -1.51. The van der Waals surface area contributed by atoms with Crippen LogP contribution in [0.5, 0.6) is 0 Å². The van der Waals surface area contributed by atoms with Crippen molar-refractivity contribution in [3.05, 3.63) is 30.1 Å². The molecule has 17 heavy (non-hydrogen) atoms. The van der Waals surface area contributed by atoms with Crippen molar-refractivity contribution in [3.63, 3.8) is 0 Å². The lowest BCUT2D eigenvalue weighted by atomic mass is 10.2. The van der Waals surface area contributed by atoms with E-state index in [1.54, 1.807) is 6.20 Å². The van der Waals surface area contributed by atoms with Gasteiger partial charge in [0, 0.05) is 24.9 Å². The van der Waals surface area contributed by atoms with Gasteiger partial charge in [0.2, 0.25) is 5.91 Å². The van der Waals surface area contributed by atoms with Gasteiger partial charge in [-0.15, -0.1) is 0 Å². The van der Waals surface area contributed by atoms with Crippen molar-refractivity contribution in [2.75, 3.05) is 19.6 Å². The summed E-state index contributed by atoms with van der Waals surface area (Å²) in [7, 11) is 0. The first kappa shape index (κ1) is 13.1. The Labute approximate surface area is 99.1 Å². The van der Waals surface area contributed by atoms with Crippen LogP contribution in [-0.2, 0) is 16.0 Å². The Bertz CT molecular complexity index is 365. The lowest BCUT2D eigenvalue weighted by molar-refractivity contribution is -0.138. The second-order valence-electron chi connectivity index (χ2n) is 3.64. The summed E-state index contributed by atoms with van der Waals surface area (Å²) in [6, 6.07) is 5.52. The maximum atomic E-state index is 10.8. The zero-order chi connectivity index (χ0) is 12.7. The largest absolute Gasteiger partial charge is 0.480 e. The van der Waals surface area contributed by atoms with Gasteiger partial charge in [-0.3, -0.25) is 19.5 Å². The lowest BCUT2D eigenvalue weighted by Crippen LogP contribution is -2.38. The molecule has 0 saturated heterocycles. The summed E-state index contributed by atoms with van der Waals surface area (Å²) in [6.45, 7) is 0.182. The van der Waals surface area contributed by atoms with E-state index in [0.29, 0.717) is 13.0 Å². The van der Waals surface area contributed by atoms with Crippen molar-refractivity contribution < 1.29 is 14.7 Å². The van der Waals surface area contributed by atoms with E-state index in [0.717, 1.165) is 5.69 Å². The van der Waals surface area contributed by atoms with Gasteiger partial charge in [-0.2, -0.15) is 0 Å². The molecule has 0 aliphatic carbocycles. The molecule has 1 rings (SSSR count). The number of carboxylic acid groups (broad SMARTS) is 1. The topological polar surface area (TPSA) is 96.5 Å². The zero-order valence-corrected chi connectivity index (χ0v) is 9.37. The van der Waals surface area contributed by atoms with Crippen LogP contribution in [0.2, 0.25) is 0 Å². The third-order valence-electron chi connectivity index (χ3n) is 2.15. The fraction of sp³-hybridized carbons (Fsp3) is 0.364. The van der Waals surface area contributed by atoms with Crippen LogP contribution in [0.4, 0.5) is 0 Å². The van der Waals surface area contributed by atoms with Gasteiger partial charge in [-0.1, -0.05) is 6.07 Å². The second-order valence-corrected chi connectivity index (χ2v) is 3.64. The number of aromatic nitrogens is 1. The number of carboxylic acids is 1. The average molecular weight is 237 g/mol. The Morgan fingerprint density at radius 2 is 2.12 bits per heavy atom. The molecule has 1 heterocycles. The number of rotatable bonds is 7. The first-order valence-electron chi connectivity index (χ1n) is 5.20. The van der Waals surface area contributed by atoms with Gasteiger partial charge in [-0.25, -0.2) is 0 Å². The molecule has 0 spiro atoms. The molecule has 0 aromatic carbocycles. The molecule has 1 amide bonds. The molecule has 1 aromatic rings. The summed E-state index contributed by atoms with van der Waals surface area (Å²) in [5, 5.41) is 8.68. The number of primary amides is 1. The molecule has 92 valence electrons. The van der Waals surface area contributed by atoms with Crippen molar-refractivity contribution in [2.45, 2.75) is 6.42 Å². The van der Waals surface area contributed by atoms with E-state index in [9.17, 15) is 9.59 Å². The molecule has 0 bridgehead atoms. The minimum atomic E-state index is -0.979. The molecule has 3 N–H and O–H groups in total. The quantitative estimate of drug-likeness (QED) is 0.666. The number of nitrogens with two attached hydrogens (primary N) is 1. The van der Waals surface area contributed by atoms with Gasteiger partial charge in [-0.05, 0) is 12.1 Å². The normalized spacial score (nSPS) is 10.4. The Morgan fingerprint density at radius 3 is 2.65 bits per heavy atom. The van der Waals surface area contributed by atoms with E-state index < -0.39 is 11.9 Å². The first-order chi connectivity index (χ1) is 8.08. The first-order valence-corrected chi connectivity index (χ1v) is 5.20. The smallest absolute Gasteiger partial charge is 0.317 e. The van der Waals surface area contributed by atoms with Crippen LogP contribution >= 0.6 is 0 Å². The molecule has 1 aromatic heterocycles. The third-order valence-corrected chi connectivity index (χ3v) is 2.15. The van der Waals surface area contributed by atoms with Crippen LogP contribution in [0.25, 0.3) is 0 Å². The van der Waals surface area contributed by atoms with Crippen LogP contribution in [0.3, 0.4) is 0 Å². The lowest BCUT2D eigenvalue weighted by Gasteiger charge is -2.17. The van der Waals surface area contributed by atoms with Crippen LogP contribution in [0.15, 0.2) is 24.4 Å². The van der Waals surface area contributed by atoms with E-state index in [1.165, 1.54) is 4.90 Å². The van der Waals surface area contributed by atoms with Gasteiger partial charge in [0.25, 0.3) is 0 Å². The number of nitrogens with zero attached hydrogens (tertiary/aromatic N) is 2. The predicted octanol–water partition coefficient (Wildman–Crippen LogP) is -0.504. The number of aliphatic carboxylic acids is 1. The van der Waals surface area contributed by atoms with Crippen molar-refractivity contribution in [2.24, 2.45) is 5.73 Å². The van der Waals surface area contributed by atoms with E-state index in [4.69, 9.17) is 10.8 Å². The number of amides is 1. The van der Waals surface area contributed by atoms with Crippen LogP contribution in [-0.4, -0.2) is 46.5 Å². The van der Waals surface area contributed by atoms with E-state index in [1.807, 2.05) is 18.2 Å².